The van der Waals surface area contributed by atoms with E-state index in [-0.39, 0.29) is 24.7 Å². The standard InChI is InChI=1S/C11H13F2NO2/c1-14(2)11(15)3-4-16-10-6-8(12)5-9(13)7-10/h5-7H,3-4H2,1-2H3. The van der Waals surface area contributed by atoms with E-state index in [2.05, 4.69) is 0 Å². The van der Waals surface area contributed by atoms with E-state index in [4.69, 9.17) is 4.74 Å². The van der Waals surface area contributed by atoms with Crippen molar-refractivity contribution in [2.24, 2.45) is 0 Å². The van der Waals surface area contributed by atoms with Crippen molar-refractivity contribution >= 4 is 5.91 Å². The molecular weight excluding hydrogens is 216 g/mol. The summed E-state index contributed by atoms with van der Waals surface area (Å²) in [6.07, 6.45) is 0.172. The average Bonchev–Trinajstić information content (AvgIpc) is 2.15. The summed E-state index contributed by atoms with van der Waals surface area (Å²) in [5, 5.41) is 0. The van der Waals surface area contributed by atoms with E-state index in [9.17, 15) is 13.6 Å². The first-order valence-electron chi connectivity index (χ1n) is 4.78. The molecule has 1 aromatic rings. The number of hydrogen-bond donors (Lipinski definition) is 0. The molecule has 0 aromatic heterocycles. The summed E-state index contributed by atoms with van der Waals surface area (Å²) in [5.41, 5.74) is 0. The van der Waals surface area contributed by atoms with E-state index in [1.54, 1.807) is 14.1 Å². The van der Waals surface area contributed by atoms with Crippen LogP contribution in [0.3, 0.4) is 0 Å². The van der Waals surface area contributed by atoms with Crippen LogP contribution in [-0.4, -0.2) is 31.5 Å². The van der Waals surface area contributed by atoms with Gasteiger partial charge in [0.15, 0.2) is 0 Å². The maximum absolute atomic E-state index is 12.7. The van der Waals surface area contributed by atoms with Crippen molar-refractivity contribution in [3.05, 3.63) is 29.8 Å². The molecule has 0 fully saturated rings. The van der Waals surface area contributed by atoms with Crippen molar-refractivity contribution in [2.75, 3.05) is 20.7 Å². The molecule has 0 heterocycles. The normalized spacial score (nSPS) is 10.0. The third-order valence-electron chi connectivity index (χ3n) is 1.92. The van der Waals surface area contributed by atoms with Crippen LogP contribution in [0.25, 0.3) is 0 Å². The van der Waals surface area contributed by atoms with Gasteiger partial charge in [-0.25, -0.2) is 8.78 Å². The number of hydrogen-bond acceptors (Lipinski definition) is 2. The Morgan fingerprint density at radius 3 is 2.31 bits per heavy atom. The number of rotatable bonds is 4. The van der Waals surface area contributed by atoms with Gasteiger partial charge in [0.2, 0.25) is 5.91 Å². The first kappa shape index (κ1) is 12.4. The Labute approximate surface area is 92.6 Å². The fourth-order valence-electron chi connectivity index (χ4n) is 1.09. The predicted octanol–water partition coefficient (Wildman–Crippen LogP) is 1.82. The third-order valence-corrected chi connectivity index (χ3v) is 1.92. The highest BCUT2D eigenvalue weighted by Crippen LogP contribution is 2.15. The van der Waals surface area contributed by atoms with Crippen LogP contribution >= 0.6 is 0 Å². The van der Waals surface area contributed by atoms with Crippen molar-refractivity contribution in [3.8, 4) is 5.75 Å². The third kappa shape index (κ3) is 3.84. The molecule has 0 unspecified atom stereocenters. The SMILES string of the molecule is CN(C)C(=O)CCOc1cc(F)cc(F)c1. The van der Waals surface area contributed by atoms with E-state index in [0.29, 0.717) is 0 Å². The number of carbonyl (C=O) groups is 1. The van der Waals surface area contributed by atoms with Gasteiger partial charge in [0.05, 0.1) is 13.0 Å². The van der Waals surface area contributed by atoms with Crippen molar-refractivity contribution < 1.29 is 18.3 Å². The van der Waals surface area contributed by atoms with E-state index < -0.39 is 11.6 Å². The number of benzene rings is 1. The van der Waals surface area contributed by atoms with Crippen molar-refractivity contribution in [2.45, 2.75) is 6.42 Å². The lowest BCUT2D eigenvalue weighted by atomic mass is 10.3. The average molecular weight is 229 g/mol. The molecule has 0 saturated heterocycles. The summed E-state index contributed by atoms with van der Waals surface area (Å²) >= 11 is 0. The second kappa shape index (κ2) is 5.44. The molecule has 5 heteroatoms. The second-order valence-corrected chi connectivity index (χ2v) is 3.49. The first-order chi connectivity index (χ1) is 7.49. The zero-order chi connectivity index (χ0) is 12.1. The Balaban J connectivity index is 2.46. The molecule has 1 amide bonds. The molecule has 1 aromatic carbocycles. The van der Waals surface area contributed by atoms with E-state index >= 15 is 0 Å². The molecule has 0 aliphatic rings. The van der Waals surface area contributed by atoms with Crippen LogP contribution in [0.4, 0.5) is 8.78 Å². The maximum atomic E-state index is 12.7. The molecule has 0 bridgehead atoms. The lowest BCUT2D eigenvalue weighted by Crippen LogP contribution is -2.23. The van der Waals surface area contributed by atoms with Crippen LogP contribution < -0.4 is 4.74 Å². The van der Waals surface area contributed by atoms with Gasteiger partial charge in [-0.05, 0) is 0 Å². The van der Waals surface area contributed by atoms with Gasteiger partial charge in [-0.3, -0.25) is 4.79 Å². The quantitative estimate of drug-likeness (QED) is 0.788. The molecule has 1 rings (SSSR count). The number of halogens is 2. The van der Waals surface area contributed by atoms with Crippen LogP contribution in [-0.2, 0) is 4.79 Å². The minimum atomic E-state index is -0.700. The summed E-state index contributed by atoms with van der Waals surface area (Å²) in [6.45, 7) is 0.0971. The Kier molecular flexibility index (Phi) is 4.22. The monoisotopic (exact) mass is 229 g/mol. The highest BCUT2D eigenvalue weighted by molar-refractivity contribution is 5.75. The highest BCUT2D eigenvalue weighted by atomic mass is 19.1. The zero-order valence-electron chi connectivity index (χ0n) is 9.17. The van der Waals surface area contributed by atoms with Gasteiger partial charge >= 0.3 is 0 Å². The van der Waals surface area contributed by atoms with Crippen LogP contribution in [0.2, 0.25) is 0 Å². The van der Waals surface area contributed by atoms with Crippen molar-refractivity contribution in [3.63, 3.8) is 0 Å². The fraction of sp³-hybridized carbons (Fsp3) is 0.364. The van der Waals surface area contributed by atoms with Crippen LogP contribution in [0.5, 0.6) is 5.75 Å². The topological polar surface area (TPSA) is 29.5 Å². The van der Waals surface area contributed by atoms with Gasteiger partial charge in [0.1, 0.15) is 17.4 Å². The molecule has 16 heavy (non-hydrogen) atoms. The fourth-order valence-corrected chi connectivity index (χ4v) is 1.09. The summed E-state index contributed by atoms with van der Waals surface area (Å²) in [5.74, 6) is -1.41. The van der Waals surface area contributed by atoms with Gasteiger partial charge in [-0.1, -0.05) is 0 Å². The lowest BCUT2D eigenvalue weighted by molar-refractivity contribution is -0.129. The minimum absolute atomic E-state index is 0.0871. The molecule has 0 aliphatic carbocycles. The van der Waals surface area contributed by atoms with Crippen molar-refractivity contribution in [1.82, 2.24) is 4.90 Å². The molecule has 0 saturated carbocycles. The molecule has 3 nitrogen and oxygen atoms in total. The summed E-state index contributed by atoms with van der Waals surface area (Å²) in [4.78, 5) is 12.6. The molecule has 88 valence electrons. The zero-order valence-corrected chi connectivity index (χ0v) is 9.17. The molecule has 0 radical (unpaired) electrons. The predicted molar refractivity (Wildman–Crippen MR) is 55.2 cm³/mol. The Bertz CT molecular complexity index is 360. The van der Waals surface area contributed by atoms with Gasteiger partial charge in [0, 0.05) is 32.3 Å². The number of amides is 1. The van der Waals surface area contributed by atoms with Gasteiger partial charge < -0.3 is 9.64 Å². The van der Waals surface area contributed by atoms with Crippen molar-refractivity contribution in [1.29, 1.82) is 0 Å². The summed E-state index contributed by atoms with van der Waals surface area (Å²) < 4.78 is 30.6. The van der Waals surface area contributed by atoms with E-state index in [1.807, 2.05) is 0 Å². The molecule has 0 atom stereocenters. The summed E-state index contributed by atoms with van der Waals surface area (Å²) in [7, 11) is 3.26. The summed E-state index contributed by atoms with van der Waals surface area (Å²) in [6, 6.07) is 2.91. The Hall–Kier alpha value is -1.65. The molecule has 0 N–H and O–H groups in total. The maximum Gasteiger partial charge on any atom is 0.225 e. The van der Waals surface area contributed by atoms with E-state index in [1.165, 1.54) is 4.90 Å². The first-order valence-corrected chi connectivity index (χ1v) is 4.78. The van der Waals surface area contributed by atoms with Crippen LogP contribution in [0, 0.1) is 11.6 Å². The molecular formula is C11H13F2NO2. The lowest BCUT2D eigenvalue weighted by Gasteiger charge is -2.10. The van der Waals surface area contributed by atoms with Gasteiger partial charge in [0.25, 0.3) is 0 Å². The van der Waals surface area contributed by atoms with Gasteiger partial charge in [-0.2, -0.15) is 0 Å². The number of carbonyl (C=O) groups excluding carboxylic acids is 1. The van der Waals surface area contributed by atoms with E-state index in [0.717, 1.165) is 18.2 Å². The molecule has 0 aliphatic heterocycles. The smallest absolute Gasteiger partial charge is 0.225 e. The number of nitrogens with zero attached hydrogens (tertiary/aromatic N) is 1. The van der Waals surface area contributed by atoms with Crippen LogP contribution in [0.15, 0.2) is 18.2 Å². The largest absolute Gasteiger partial charge is 0.493 e. The molecule has 0 spiro atoms. The minimum Gasteiger partial charge on any atom is -0.493 e. The van der Waals surface area contributed by atoms with Crippen LogP contribution in [0.1, 0.15) is 6.42 Å². The highest BCUT2D eigenvalue weighted by Gasteiger charge is 2.05. The Morgan fingerprint density at radius 1 is 1.25 bits per heavy atom. The number of ether oxygens (including phenoxy) is 1. The van der Waals surface area contributed by atoms with Gasteiger partial charge in [-0.15, -0.1) is 0 Å². The Morgan fingerprint density at radius 2 is 1.81 bits per heavy atom. The second-order valence-electron chi connectivity index (χ2n) is 3.49.